The van der Waals surface area contributed by atoms with Gasteiger partial charge in [-0.25, -0.2) is 4.39 Å². The molecule has 0 aliphatic carbocycles. The molecule has 0 unspecified atom stereocenters. The number of imide groups is 1. The van der Waals surface area contributed by atoms with Gasteiger partial charge < -0.3 is 0 Å². The summed E-state index contributed by atoms with van der Waals surface area (Å²) in [7, 11) is 0. The van der Waals surface area contributed by atoms with Crippen LogP contribution in [0, 0.1) is 5.82 Å². The normalized spacial score (nSPS) is 15.8. The summed E-state index contributed by atoms with van der Waals surface area (Å²) in [5.41, 5.74) is 0.340. The highest BCUT2D eigenvalue weighted by atomic mass is 32.2. The Morgan fingerprint density at radius 3 is 2.53 bits per heavy atom. The van der Waals surface area contributed by atoms with Gasteiger partial charge in [0.2, 0.25) is 0 Å². The van der Waals surface area contributed by atoms with E-state index in [4.69, 9.17) is 0 Å². The van der Waals surface area contributed by atoms with E-state index in [0.717, 1.165) is 11.8 Å². The van der Waals surface area contributed by atoms with Gasteiger partial charge in [-0.1, -0.05) is 11.8 Å². The number of carbonyl (C=O) groups is 2. The largest absolute Gasteiger partial charge is 0.288 e. The molecule has 2 amide bonds. The quantitative estimate of drug-likeness (QED) is 0.734. The van der Waals surface area contributed by atoms with Crippen LogP contribution in [0.3, 0.4) is 0 Å². The highest BCUT2D eigenvalue weighted by Gasteiger charge is 2.27. The first-order valence-corrected chi connectivity index (χ1v) is 5.41. The molecule has 2 rings (SSSR count). The van der Waals surface area contributed by atoms with Gasteiger partial charge >= 0.3 is 0 Å². The minimum Gasteiger partial charge on any atom is -0.269 e. The Morgan fingerprint density at radius 2 is 2.00 bits per heavy atom. The lowest BCUT2D eigenvalue weighted by Crippen LogP contribution is -2.30. The van der Waals surface area contributed by atoms with Crippen LogP contribution in [0.25, 0.3) is 0 Å². The van der Waals surface area contributed by atoms with Gasteiger partial charge in [-0.2, -0.15) is 0 Å². The molecule has 3 nitrogen and oxygen atoms in total. The van der Waals surface area contributed by atoms with Gasteiger partial charge in [0.15, 0.2) is 0 Å². The molecular formula is C10H8FNO2S. The van der Waals surface area contributed by atoms with Gasteiger partial charge in [0.1, 0.15) is 5.82 Å². The molecule has 1 aromatic rings. The molecule has 0 N–H and O–H groups in total. The smallest absolute Gasteiger partial charge is 0.269 e. The van der Waals surface area contributed by atoms with Gasteiger partial charge in [-0.05, 0) is 24.3 Å². The first kappa shape index (κ1) is 10.2. The number of hydrogen-bond acceptors (Lipinski definition) is 3. The van der Waals surface area contributed by atoms with Crippen LogP contribution in [-0.4, -0.2) is 28.3 Å². The second-order valence-corrected chi connectivity index (χ2v) is 4.12. The zero-order chi connectivity index (χ0) is 10.8. The van der Waals surface area contributed by atoms with Crippen LogP contribution < -0.4 is 0 Å². The molecule has 1 saturated heterocycles. The molecule has 1 aliphatic rings. The van der Waals surface area contributed by atoms with Crippen LogP contribution in [0.5, 0.6) is 0 Å². The first-order valence-electron chi connectivity index (χ1n) is 4.42. The van der Waals surface area contributed by atoms with E-state index in [-0.39, 0.29) is 11.1 Å². The summed E-state index contributed by atoms with van der Waals surface area (Å²) in [5, 5.41) is -0.232. The third kappa shape index (κ3) is 2.02. The Hall–Kier alpha value is -1.36. The molecule has 15 heavy (non-hydrogen) atoms. The number of hydrogen-bond donors (Lipinski definition) is 0. The molecule has 0 spiro atoms. The number of amides is 2. The number of thioether (sulfide) groups is 1. The van der Waals surface area contributed by atoms with E-state index in [0.29, 0.717) is 17.9 Å². The van der Waals surface area contributed by atoms with Crippen LogP contribution in [0.2, 0.25) is 0 Å². The second kappa shape index (κ2) is 4.02. The van der Waals surface area contributed by atoms with Crippen molar-refractivity contribution in [3.8, 4) is 0 Å². The van der Waals surface area contributed by atoms with Crippen LogP contribution in [-0.2, 0) is 0 Å². The van der Waals surface area contributed by atoms with Crippen molar-refractivity contribution in [2.75, 3.05) is 12.3 Å². The maximum absolute atomic E-state index is 12.6. The van der Waals surface area contributed by atoms with E-state index < -0.39 is 5.82 Å². The maximum atomic E-state index is 12.6. The Labute approximate surface area is 90.3 Å². The maximum Gasteiger partial charge on any atom is 0.288 e. The van der Waals surface area contributed by atoms with E-state index in [9.17, 15) is 14.0 Å². The number of rotatable bonds is 1. The number of carbonyl (C=O) groups excluding carboxylic acids is 2. The average molecular weight is 225 g/mol. The van der Waals surface area contributed by atoms with Gasteiger partial charge in [-0.15, -0.1) is 0 Å². The minimum absolute atomic E-state index is 0.232. The Bertz CT molecular complexity index is 404. The highest BCUT2D eigenvalue weighted by molar-refractivity contribution is 8.13. The van der Waals surface area contributed by atoms with E-state index >= 15 is 0 Å². The van der Waals surface area contributed by atoms with Crippen molar-refractivity contribution < 1.29 is 14.0 Å². The zero-order valence-electron chi connectivity index (χ0n) is 7.77. The fraction of sp³-hybridized carbons (Fsp3) is 0.200. The summed E-state index contributed by atoms with van der Waals surface area (Å²) in [4.78, 5) is 24.2. The summed E-state index contributed by atoms with van der Waals surface area (Å²) in [6, 6.07) is 5.18. The molecule has 1 aliphatic heterocycles. The third-order valence-corrected chi connectivity index (χ3v) is 2.95. The van der Waals surface area contributed by atoms with Crippen LogP contribution in [0.1, 0.15) is 10.4 Å². The summed E-state index contributed by atoms with van der Waals surface area (Å²) < 4.78 is 12.6. The van der Waals surface area contributed by atoms with Crippen molar-refractivity contribution in [2.45, 2.75) is 0 Å². The molecule has 1 heterocycles. The summed E-state index contributed by atoms with van der Waals surface area (Å²) in [6.07, 6.45) is 0. The average Bonchev–Trinajstić information content (AvgIpc) is 2.65. The molecular weight excluding hydrogens is 217 g/mol. The fourth-order valence-corrected chi connectivity index (χ4v) is 2.10. The summed E-state index contributed by atoms with van der Waals surface area (Å²) in [6.45, 7) is 0.430. The molecule has 0 bridgehead atoms. The Balaban J connectivity index is 2.20. The Kier molecular flexibility index (Phi) is 2.73. The van der Waals surface area contributed by atoms with Gasteiger partial charge in [-0.3, -0.25) is 14.5 Å². The van der Waals surface area contributed by atoms with Gasteiger partial charge in [0.05, 0.1) is 0 Å². The Morgan fingerprint density at radius 1 is 1.33 bits per heavy atom. The molecule has 1 fully saturated rings. The van der Waals surface area contributed by atoms with E-state index in [2.05, 4.69) is 0 Å². The van der Waals surface area contributed by atoms with Crippen molar-refractivity contribution in [1.29, 1.82) is 0 Å². The standard InChI is InChI=1S/C10H8FNO2S/c11-8-3-1-7(2-4-8)9(13)12-5-6-15-10(12)14/h1-4H,5-6H2. The third-order valence-electron chi connectivity index (χ3n) is 2.10. The van der Waals surface area contributed by atoms with Gasteiger partial charge in [0.25, 0.3) is 11.1 Å². The zero-order valence-corrected chi connectivity index (χ0v) is 8.59. The minimum atomic E-state index is -0.395. The first-order chi connectivity index (χ1) is 7.18. The molecule has 78 valence electrons. The second-order valence-electron chi connectivity index (χ2n) is 3.08. The predicted octanol–water partition coefficient (Wildman–Crippen LogP) is 2.13. The molecule has 1 aromatic carbocycles. The van der Waals surface area contributed by atoms with E-state index in [1.54, 1.807) is 0 Å². The lowest BCUT2D eigenvalue weighted by Gasteiger charge is -2.11. The monoisotopic (exact) mass is 225 g/mol. The topological polar surface area (TPSA) is 37.4 Å². The molecule has 0 saturated carbocycles. The molecule has 0 atom stereocenters. The van der Waals surface area contributed by atoms with Gasteiger partial charge in [0, 0.05) is 17.9 Å². The van der Waals surface area contributed by atoms with Crippen LogP contribution in [0.4, 0.5) is 9.18 Å². The molecule has 0 radical (unpaired) electrons. The van der Waals surface area contributed by atoms with Crippen molar-refractivity contribution >= 4 is 22.9 Å². The highest BCUT2D eigenvalue weighted by Crippen LogP contribution is 2.19. The lowest BCUT2D eigenvalue weighted by molar-refractivity contribution is 0.0833. The van der Waals surface area contributed by atoms with E-state index in [1.165, 1.54) is 29.2 Å². The fourth-order valence-electron chi connectivity index (χ4n) is 1.33. The lowest BCUT2D eigenvalue weighted by atomic mass is 10.2. The van der Waals surface area contributed by atoms with Crippen molar-refractivity contribution in [2.24, 2.45) is 0 Å². The summed E-state index contributed by atoms with van der Waals surface area (Å²) >= 11 is 1.12. The van der Waals surface area contributed by atoms with E-state index in [1.807, 2.05) is 0 Å². The molecule has 5 heteroatoms. The molecule has 0 aromatic heterocycles. The van der Waals surface area contributed by atoms with Crippen molar-refractivity contribution in [3.63, 3.8) is 0 Å². The SMILES string of the molecule is O=C1SCCN1C(=O)c1ccc(F)cc1. The number of benzene rings is 1. The number of halogens is 1. The van der Waals surface area contributed by atoms with Crippen molar-refractivity contribution in [3.05, 3.63) is 35.6 Å². The van der Waals surface area contributed by atoms with Crippen LogP contribution in [0.15, 0.2) is 24.3 Å². The number of nitrogens with zero attached hydrogens (tertiary/aromatic N) is 1. The van der Waals surface area contributed by atoms with Crippen LogP contribution >= 0.6 is 11.8 Å². The van der Waals surface area contributed by atoms with Crippen molar-refractivity contribution in [1.82, 2.24) is 4.90 Å². The predicted molar refractivity (Wildman–Crippen MR) is 55.3 cm³/mol. The summed E-state index contributed by atoms with van der Waals surface area (Å²) in [5.74, 6) is -0.121.